The maximum atomic E-state index is 16.3. The van der Waals surface area contributed by atoms with Crippen molar-refractivity contribution >= 4 is 51.0 Å². The van der Waals surface area contributed by atoms with Gasteiger partial charge in [-0.15, -0.1) is 0 Å². The number of carboxylic acids is 1. The molecule has 0 saturated carbocycles. The zero-order chi connectivity index (χ0) is 25.2. The number of halogens is 2. The van der Waals surface area contributed by atoms with Crippen LogP contribution in [0.1, 0.15) is 22.3 Å². The highest BCUT2D eigenvalue weighted by molar-refractivity contribution is 14.1. The number of fused-ring (bicyclic) bond motifs is 1. The standard InChI is InChI=1S/C27H26FIN4O3/c1-16-13-18(29)7-8-21(16)31-24-20(27(34)35)14-22-25(23(24)28)33(11-9-19-15-30-10-12-36-19)26(32-22)17-5-3-2-4-6-17/h2-8,13-14,19,30-31H,9-12,15H2,1H3,(H,34,35). The normalized spacial score (nSPS) is 15.8. The highest BCUT2D eigenvalue weighted by atomic mass is 127. The van der Waals surface area contributed by atoms with Gasteiger partial charge in [-0.2, -0.15) is 0 Å². The first-order valence-electron chi connectivity index (χ1n) is 11.8. The maximum Gasteiger partial charge on any atom is 0.338 e. The van der Waals surface area contributed by atoms with Gasteiger partial charge >= 0.3 is 5.97 Å². The van der Waals surface area contributed by atoms with E-state index in [1.807, 2.05) is 60.0 Å². The lowest BCUT2D eigenvalue weighted by atomic mass is 10.1. The summed E-state index contributed by atoms with van der Waals surface area (Å²) in [7, 11) is 0. The minimum absolute atomic E-state index is 0.00761. The molecule has 7 nitrogen and oxygen atoms in total. The van der Waals surface area contributed by atoms with Gasteiger partial charge in [0, 0.05) is 34.5 Å². The van der Waals surface area contributed by atoms with E-state index in [0.29, 0.717) is 36.6 Å². The third kappa shape index (κ3) is 4.95. The van der Waals surface area contributed by atoms with E-state index in [-0.39, 0.29) is 22.9 Å². The van der Waals surface area contributed by atoms with Gasteiger partial charge in [-0.25, -0.2) is 14.2 Å². The monoisotopic (exact) mass is 600 g/mol. The van der Waals surface area contributed by atoms with Crippen LogP contribution in [0.5, 0.6) is 0 Å². The van der Waals surface area contributed by atoms with E-state index >= 15 is 4.39 Å². The van der Waals surface area contributed by atoms with Crippen LogP contribution in [0, 0.1) is 16.3 Å². The zero-order valence-electron chi connectivity index (χ0n) is 19.7. The van der Waals surface area contributed by atoms with Crippen LogP contribution in [0.15, 0.2) is 54.6 Å². The molecule has 0 bridgehead atoms. The lowest BCUT2D eigenvalue weighted by Gasteiger charge is -2.24. The number of benzene rings is 3. The molecule has 3 aromatic carbocycles. The molecule has 4 aromatic rings. The first-order valence-corrected chi connectivity index (χ1v) is 12.9. The summed E-state index contributed by atoms with van der Waals surface area (Å²) in [5, 5.41) is 16.3. The molecule has 1 aromatic heterocycles. The topological polar surface area (TPSA) is 88.4 Å². The van der Waals surface area contributed by atoms with Crippen LogP contribution in [-0.4, -0.2) is 46.4 Å². The number of aromatic nitrogens is 2. The fourth-order valence-electron chi connectivity index (χ4n) is 4.55. The lowest BCUT2D eigenvalue weighted by Crippen LogP contribution is -2.39. The fourth-order valence-corrected chi connectivity index (χ4v) is 5.19. The number of nitrogens with zero attached hydrogens (tertiary/aromatic N) is 2. The second-order valence-corrected chi connectivity index (χ2v) is 10.1. The van der Waals surface area contributed by atoms with Gasteiger partial charge in [0.2, 0.25) is 0 Å². The molecule has 1 fully saturated rings. The summed E-state index contributed by atoms with van der Waals surface area (Å²) in [5.41, 5.74) is 2.70. The Labute approximate surface area is 221 Å². The van der Waals surface area contributed by atoms with Crippen molar-refractivity contribution in [2.24, 2.45) is 0 Å². The quantitative estimate of drug-likeness (QED) is 0.241. The SMILES string of the molecule is Cc1cc(I)ccc1Nc1c(C(=O)O)cc2nc(-c3ccccc3)n(CCC3CNCCO3)c2c1F. The van der Waals surface area contributed by atoms with Crippen molar-refractivity contribution in [3.8, 4) is 11.4 Å². The Bertz CT molecular complexity index is 1420. The van der Waals surface area contributed by atoms with Crippen LogP contribution < -0.4 is 10.6 Å². The molecule has 36 heavy (non-hydrogen) atoms. The molecule has 1 aliphatic rings. The molecule has 9 heteroatoms. The number of rotatable bonds is 7. The number of nitrogens with one attached hydrogen (secondary N) is 2. The van der Waals surface area contributed by atoms with E-state index in [2.05, 4.69) is 33.2 Å². The highest BCUT2D eigenvalue weighted by Gasteiger charge is 2.25. The van der Waals surface area contributed by atoms with Crippen molar-refractivity contribution in [2.45, 2.75) is 26.0 Å². The fraction of sp³-hybridized carbons (Fsp3) is 0.259. The largest absolute Gasteiger partial charge is 0.478 e. The van der Waals surface area contributed by atoms with Crippen molar-refractivity contribution in [3.63, 3.8) is 0 Å². The molecule has 1 aliphatic heterocycles. The van der Waals surface area contributed by atoms with Gasteiger partial charge in [0.05, 0.1) is 29.5 Å². The minimum atomic E-state index is -1.22. The second-order valence-electron chi connectivity index (χ2n) is 8.81. The van der Waals surface area contributed by atoms with Crippen molar-refractivity contribution in [3.05, 3.63) is 75.1 Å². The Balaban J connectivity index is 1.66. The van der Waals surface area contributed by atoms with Crippen LogP contribution >= 0.6 is 22.6 Å². The molecule has 1 unspecified atom stereocenters. The van der Waals surface area contributed by atoms with E-state index in [1.54, 1.807) is 0 Å². The first-order chi connectivity index (χ1) is 17.4. The molecule has 2 heterocycles. The summed E-state index contributed by atoms with van der Waals surface area (Å²) < 4.78 is 25.0. The number of imidazole rings is 1. The van der Waals surface area contributed by atoms with Gasteiger partial charge < -0.3 is 25.0 Å². The molecular weight excluding hydrogens is 574 g/mol. The van der Waals surface area contributed by atoms with Gasteiger partial charge in [-0.3, -0.25) is 0 Å². The molecular formula is C27H26FIN4O3. The van der Waals surface area contributed by atoms with Crippen LogP contribution in [-0.2, 0) is 11.3 Å². The minimum Gasteiger partial charge on any atom is -0.478 e. The van der Waals surface area contributed by atoms with E-state index in [1.165, 1.54) is 6.07 Å². The van der Waals surface area contributed by atoms with Crippen LogP contribution in [0.4, 0.5) is 15.8 Å². The van der Waals surface area contributed by atoms with E-state index in [9.17, 15) is 9.90 Å². The molecule has 0 amide bonds. The highest BCUT2D eigenvalue weighted by Crippen LogP contribution is 2.35. The zero-order valence-corrected chi connectivity index (χ0v) is 21.9. The number of aromatic carboxylic acids is 1. The van der Waals surface area contributed by atoms with E-state index < -0.39 is 11.8 Å². The molecule has 5 rings (SSSR count). The Morgan fingerprint density at radius 1 is 1.28 bits per heavy atom. The molecule has 0 aliphatic carbocycles. The third-order valence-electron chi connectivity index (χ3n) is 6.36. The Morgan fingerprint density at radius 3 is 2.78 bits per heavy atom. The molecule has 0 spiro atoms. The lowest BCUT2D eigenvalue weighted by molar-refractivity contribution is 0.0213. The molecule has 3 N–H and O–H groups in total. The van der Waals surface area contributed by atoms with Gasteiger partial charge in [0.15, 0.2) is 5.82 Å². The Hall–Kier alpha value is -3.02. The van der Waals surface area contributed by atoms with Crippen molar-refractivity contribution in [1.82, 2.24) is 14.9 Å². The van der Waals surface area contributed by atoms with Gasteiger partial charge in [-0.05, 0) is 65.8 Å². The summed E-state index contributed by atoms with van der Waals surface area (Å²) in [6.45, 7) is 4.56. The number of morpholine rings is 1. The predicted octanol–water partition coefficient (Wildman–Crippen LogP) is 5.58. The molecule has 186 valence electrons. The van der Waals surface area contributed by atoms with E-state index in [4.69, 9.17) is 9.72 Å². The summed E-state index contributed by atoms with van der Waals surface area (Å²) in [5.74, 6) is -1.27. The number of hydrogen-bond donors (Lipinski definition) is 3. The number of hydrogen-bond acceptors (Lipinski definition) is 5. The van der Waals surface area contributed by atoms with Crippen molar-refractivity contribution in [2.75, 3.05) is 25.0 Å². The van der Waals surface area contributed by atoms with Gasteiger partial charge in [0.1, 0.15) is 11.3 Å². The van der Waals surface area contributed by atoms with Crippen molar-refractivity contribution in [1.29, 1.82) is 0 Å². The Kier molecular flexibility index (Phi) is 7.22. The summed E-state index contributed by atoms with van der Waals surface area (Å²) in [4.78, 5) is 16.9. The smallest absolute Gasteiger partial charge is 0.338 e. The Morgan fingerprint density at radius 2 is 2.08 bits per heavy atom. The average Bonchev–Trinajstić information content (AvgIpc) is 3.25. The average molecular weight is 600 g/mol. The van der Waals surface area contributed by atoms with Crippen LogP contribution in [0.3, 0.4) is 0 Å². The number of carbonyl (C=O) groups is 1. The summed E-state index contributed by atoms with van der Waals surface area (Å²) in [6, 6.07) is 16.7. The summed E-state index contributed by atoms with van der Waals surface area (Å²) >= 11 is 2.21. The summed E-state index contributed by atoms with van der Waals surface area (Å²) in [6.07, 6.45) is 0.672. The van der Waals surface area contributed by atoms with Crippen LogP contribution in [0.2, 0.25) is 0 Å². The van der Waals surface area contributed by atoms with Gasteiger partial charge in [0.25, 0.3) is 0 Å². The molecule has 0 radical (unpaired) electrons. The second kappa shape index (κ2) is 10.5. The van der Waals surface area contributed by atoms with Crippen LogP contribution in [0.25, 0.3) is 22.4 Å². The molecule has 1 saturated heterocycles. The third-order valence-corrected chi connectivity index (χ3v) is 7.03. The number of aryl methyl sites for hydroxylation is 2. The number of ether oxygens (including phenoxy) is 1. The maximum absolute atomic E-state index is 16.3. The number of carboxylic acid groups (broad SMARTS) is 1. The van der Waals surface area contributed by atoms with Crippen molar-refractivity contribution < 1.29 is 19.0 Å². The van der Waals surface area contributed by atoms with Gasteiger partial charge in [-0.1, -0.05) is 30.3 Å². The molecule has 1 atom stereocenters. The number of anilines is 2. The first kappa shape index (κ1) is 24.7. The predicted molar refractivity (Wildman–Crippen MR) is 146 cm³/mol. The van der Waals surface area contributed by atoms with E-state index in [0.717, 1.165) is 27.8 Å².